The predicted octanol–water partition coefficient (Wildman–Crippen LogP) is 6.25. The van der Waals surface area contributed by atoms with Gasteiger partial charge < -0.3 is 9.97 Å². The summed E-state index contributed by atoms with van der Waals surface area (Å²) < 4.78 is 0. The third kappa shape index (κ3) is 2.98. The van der Waals surface area contributed by atoms with Crippen LogP contribution in [0, 0.1) is 6.92 Å². The molecule has 0 saturated heterocycles. The molecule has 2 aromatic heterocycles. The number of aryl methyl sites for hydroxylation is 1. The zero-order valence-corrected chi connectivity index (χ0v) is 16.0. The fourth-order valence-electron chi connectivity index (χ4n) is 3.33. The Bertz CT molecular complexity index is 1280. The van der Waals surface area contributed by atoms with Gasteiger partial charge in [0.15, 0.2) is 0 Å². The summed E-state index contributed by atoms with van der Waals surface area (Å²) in [5.74, 6) is 1.63. The molecule has 0 spiro atoms. The first-order valence-electron chi connectivity index (χ1n) is 9.04. The molecule has 28 heavy (non-hydrogen) atoms. The summed E-state index contributed by atoms with van der Waals surface area (Å²) in [6, 6.07) is 22.2. The molecular formula is C23H17ClN4. The maximum atomic E-state index is 6.28. The van der Waals surface area contributed by atoms with E-state index in [2.05, 4.69) is 63.3 Å². The highest BCUT2D eigenvalue weighted by Crippen LogP contribution is 2.29. The number of aromatic amines is 2. The van der Waals surface area contributed by atoms with E-state index in [1.54, 1.807) is 0 Å². The minimum atomic E-state index is 0.680. The summed E-state index contributed by atoms with van der Waals surface area (Å²) in [4.78, 5) is 15.9. The highest BCUT2D eigenvalue weighted by molar-refractivity contribution is 6.33. The van der Waals surface area contributed by atoms with E-state index in [1.807, 2.05) is 36.5 Å². The Morgan fingerprint density at radius 3 is 2.43 bits per heavy atom. The Hall–Kier alpha value is -3.37. The van der Waals surface area contributed by atoms with Crippen molar-refractivity contribution in [3.05, 3.63) is 83.5 Å². The first-order chi connectivity index (χ1) is 13.7. The maximum Gasteiger partial charge on any atom is 0.139 e. The van der Waals surface area contributed by atoms with E-state index >= 15 is 0 Å². The van der Waals surface area contributed by atoms with Gasteiger partial charge in [0.2, 0.25) is 0 Å². The Balaban J connectivity index is 1.46. The quantitative estimate of drug-likeness (QED) is 0.386. The fraction of sp³-hybridized carbons (Fsp3) is 0.0435. The summed E-state index contributed by atoms with van der Waals surface area (Å²) in [6.45, 7) is 2.08. The lowest BCUT2D eigenvalue weighted by Gasteiger charge is -2.01. The minimum absolute atomic E-state index is 0.680. The molecule has 0 radical (unpaired) electrons. The van der Waals surface area contributed by atoms with Crippen molar-refractivity contribution in [3.8, 4) is 34.0 Å². The van der Waals surface area contributed by atoms with E-state index in [4.69, 9.17) is 11.6 Å². The third-order valence-electron chi connectivity index (χ3n) is 4.81. The van der Waals surface area contributed by atoms with E-state index in [1.165, 1.54) is 5.56 Å². The maximum absolute atomic E-state index is 6.28. The Morgan fingerprint density at radius 1 is 0.821 bits per heavy atom. The molecule has 3 aromatic carbocycles. The molecule has 2 heterocycles. The van der Waals surface area contributed by atoms with Crippen LogP contribution in [0.4, 0.5) is 0 Å². The van der Waals surface area contributed by atoms with Crippen molar-refractivity contribution >= 4 is 22.6 Å². The van der Waals surface area contributed by atoms with Gasteiger partial charge in [0.25, 0.3) is 0 Å². The second-order valence-corrected chi connectivity index (χ2v) is 7.22. The second-order valence-electron chi connectivity index (χ2n) is 6.81. The fourth-order valence-corrected chi connectivity index (χ4v) is 3.55. The van der Waals surface area contributed by atoms with Gasteiger partial charge in [0.05, 0.1) is 27.9 Å². The average Bonchev–Trinajstić information content (AvgIpc) is 3.35. The molecule has 136 valence electrons. The van der Waals surface area contributed by atoms with E-state index in [0.29, 0.717) is 5.02 Å². The molecule has 2 N–H and O–H groups in total. The standard InChI is InChI=1S/C23H17ClN4/c1-14-6-11-19-20(12-14)27-22(26-19)16-9-7-15(8-10-16)21-13-25-23(28-21)17-4-2-3-5-18(17)24/h2-13H,1H3,(H,25,28)(H,26,27). The largest absolute Gasteiger partial charge is 0.338 e. The monoisotopic (exact) mass is 384 g/mol. The van der Waals surface area contributed by atoms with Crippen LogP contribution in [0.3, 0.4) is 0 Å². The average molecular weight is 385 g/mol. The summed E-state index contributed by atoms with van der Waals surface area (Å²) in [7, 11) is 0. The van der Waals surface area contributed by atoms with Gasteiger partial charge in [-0.2, -0.15) is 0 Å². The number of rotatable bonds is 3. The number of benzene rings is 3. The molecule has 5 rings (SSSR count). The minimum Gasteiger partial charge on any atom is -0.338 e. The number of hydrogen-bond acceptors (Lipinski definition) is 2. The third-order valence-corrected chi connectivity index (χ3v) is 5.14. The molecule has 0 fully saturated rings. The lowest BCUT2D eigenvalue weighted by molar-refractivity contribution is 1.31. The van der Waals surface area contributed by atoms with Crippen molar-refractivity contribution in [2.24, 2.45) is 0 Å². The molecular weight excluding hydrogens is 368 g/mol. The van der Waals surface area contributed by atoms with Gasteiger partial charge in [0, 0.05) is 11.1 Å². The summed E-state index contributed by atoms with van der Waals surface area (Å²) in [5, 5.41) is 0.680. The van der Waals surface area contributed by atoms with Crippen LogP contribution in [-0.2, 0) is 0 Å². The van der Waals surface area contributed by atoms with Gasteiger partial charge in [-0.05, 0) is 42.3 Å². The van der Waals surface area contributed by atoms with Crippen molar-refractivity contribution in [3.63, 3.8) is 0 Å². The predicted molar refractivity (Wildman–Crippen MR) is 114 cm³/mol. The summed E-state index contributed by atoms with van der Waals surface area (Å²) in [6.07, 6.45) is 1.83. The van der Waals surface area contributed by atoms with Crippen LogP contribution >= 0.6 is 11.6 Å². The van der Waals surface area contributed by atoms with Crippen LogP contribution in [-0.4, -0.2) is 19.9 Å². The number of halogens is 1. The number of hydrogen-bond donors (Lipinski definition) is 2. The van der Waals surface area contributed by atoms with Gasteiger partial charge in [-0.15, -0.1) is 0 Å². The number of nitrogens with one attached hydrogen (secondary N) is 2. The smallest absolute Gasteiger partial charge is 0.139 e. The summed E-state index contributed by atoms with van der Waals surface area (Å²) >= 11 is 6.28. The number of fused-ring (bicyclic) bond motifs is 1. The molecule has 0 bridgehead atoms. The number of aromatic nitrogens is 4. The molecule has 0 unspecified atom stereocenters. The van der Waals surface area contributed by atoms with E-state index < -0.39 is 0 Å². The molecule has 0 saturated carbocycles. The van der Waals surface area contributed by atoms with Gasteiger partial charge in [-0.3, -0.25) is 0 Å². The number of nitrogens with zero attached hydrogens (tertiary/aromatic N) is 2. The van der Waals surface area contributed by atoms with Gasteiger partial charge in [-0.25, -0.2) is 9.97 Å². The molecule has 4 nitrogen and oxygen atoms in total. The molecule has 0 amide bonds. The Kier molecular flexibility index (Phi) is 3.99. The van der Waals surface area contributed by atoms with Gasteiger partial charge >= 0.3 is 0 Å². The number of H-pyrrole nitrogens is 2. The van der Waals surface area contributed by atoms with Crippen molar-refractivity contribution in [1.29, 1.82) is 0 Å². The Morgan fingerprint density at radius 2 is 1.61 bits per heavy atom. The first-order valence-corrected chi connectivity index (χ1v) is 9.42. The van der Waals surface area contributed by atoms with Crippen LogP contribution < -0.4 is 0 Å². The molecule has 5 aromatic rings. The molecule has 0 aliphatic carbocycles. The molecule has 0 aliphatic heterocycles. The first kappa shape index (κ1) is 16.8. The summed E-state index contributed by atoms with van der Waals surface area (Å²) in [5.41, 5.74) is 7.18. The van der Waals surface area contributed by atoms with Crippen molar-refractivity contribution in [1.82, 2.24) is 19.9 Å². The molecule has 0 atom stereocenters. The van der Waals surface area contributed by atoms with Gasteiger partial charge in [0.1, 0.15) is 11.6 Å². The molecule has 5 heteroatoms. The second kappa shape index (κ2) is 6.66. The van der Waals surface area contributed by atoms with Crippen LogP contribution in [0.2, 0.25) is 5.02 Å². The number of imidazole rings is 2. The van der Waals surface area contributed by atoms with E-state index in [-0.39, 0.29) is 0 Å². The van der Waals surface area contributed by atoms with Crippen LogP contribution in [0.5, 0.6) is 0 Å². The zero-order chi connectivity index (χ0) is 19.1. The lowest BCUT2D eigenvalue weighted by atomic mass is 10.1. The van der Waals surface area contributed by atoms with Crippen molar-refractivity contribution < 1.29 is 0 Å². The highest BCUT2D eigenvalue weighted by Gasteiger charge is 2.10. The van der Waals surface area contributed by atoms with Crippen molar-refractivity contribution in [2.45, 2.75) is 6.92 Å². The Labute approximate surface area is 167 Å². The zero-order valence-electron chi connectivity index (χ0n) is 15.2. The van der Waals surface area contributed by atoms with Crippen LogP contribution in [0.1, 0.15) is 5.56 Å². The van der Waals surface area contributed by atoms with Crippen LogP contribution in [0.25, 0.3) is 45.1 Å². The highest BCUT2D eigenvalue weighted by atomic mass is 35.5. The van der Waals surface area contributed by atoms with Crippen molar-refractivity contribution in [2.75, 3.05) is 0 Å². The SMILES string of the molecule is Cc1ccc2nc(-c3ccc(-c4cnc(-c5ccccc5Cl)[nH]4)cc3)[nH]c2c1. The van der Waals surface area contributed by atoms with E-state index in [0.717, 1.165) is 45.1 Å². The normalized spacial score (nSPS) is 11.2. The lowest BCUT2D eigenvalue weighted by Crippen LogP contribution is -1.84. The van der Waals surface area contributed by atoms with Crippen LogP contribution in [0.15, 0.2) is 72.9 Å². The topological polar surface area (TPSA) is 57.4 Å². The molecule has 0 aliphatic rings. The van der Waals surface area contributed by atoms with E-state index in [9.17, 15) is 0 Å². The van der Waals surface area contributed by atoms with Gasteiger partial charge in [-0.1, -0.05) is 54.1 Å².